The molecule has 1 aliphatic heterocycles. The second-order valence-electron chi connectivity index (χ2n) is 3.17. The summed E-state index contributed by atoms with van der Waals surface area (Å²) in [5, 5.41) is 2.68. The molecule has 0 aromatic rings. The molecule has 1 fully saturated rings. The van der Waals surface area contributed by atoms with Gasteiger partial charge in [0.1, 0.15) is 0 Å². The lowest BCUT2D eigenvalue weighted by Gasteiger charge is -2.15. The molecule has 0 aliphatic carbocycles. The van der Waals surface area contributed by atoms with Gasteiger partial charge in [-0.15, -0.1) is 0 Å². The number of nitrogens with zero attached hydrogens (tertiary/aromatic N) is 1. The molecule has 13 heavy (non-hydrogen) atoms. The first kappa shape index (κ1) is 9.83. The van der Waals surface area contributed by atoms with Crippen molar-refractivity contribution in [2.45, 2.75) is 13.3 Å². The summed E-state index contributed by atoms with van der Waals surface area (Å²) < 4.78 is 0. The van der Waals surface area contributed by atoms with E-state index in [0.717, 1.165) is 0 Å². The average molecular weight is 185 g/mol. The monoisotopic (exact) mass is 185 g/mol. The number of hydrogen-bond donors (Lipinski definition) is 2. The van der Waals surface area contributed by atoms with E-state index in [4.69, 9.17) is 5.73 Å². The molecule has 3 N–H and O–H groups in total. The zero-order valence-corrected chi connectivity index (χ0v) is 7.75. The van der Waals surface area contributed by atoms with Crippen LogP contribution in [0.15, 0.2) is 0 Å². The van der Waals surface area contributed by atoms with Gasteiger partial charge in [-0.05, 0) is 13.3 Å². The largest absolute Gasteiger partial charge is 0.369 e. The summed E-state index contributed by atoms with van der Waals surface area (Å²) in [6.07, 6.45) is 0.687. The zero-order chi connectivity index (χ0) is 9.84. The van der Waals surface area contributed by atoms with Gasteiger partial charge in [-0.25, -0.2) is 4.79 Å². The van der Waals surface area contributed by atoms with Crippen molar-refractivity contribution in [2.75, 3.05) is 19.6 Å². The standard InChI is InChI=1S/C8H15N3O2/c1-2-10-8(13)11-4-3-6(5-11)7(9)12/h6H,2-5H2,1H3,(H2,9,12)(H,10,13). The Hall–Kier alpha value is -1.26. The van der Waals surface area contributed by atoms with Crippen LogP contribution in [0.3, 0.4) is 0 Å². The summed E-state index contributed by atoms with van der Waals surface area (Å²) in [6, 6.07) is -0.105. The van der Waals surface area contributed by atoms with Crippen molar-refractivity contribution in [3.63, 3.8) is 0 Å². The minimum Gasteiger partial charge on any atom is -0.369 e. The number of nitrogens with one attached hydrogen (secondary N) is 1. The second-order valence-corrected chi connectivity index (χ2v) is 3.17. The van der Waals surface area contributed by atoms with E-state index >= 15 is 0 Å². The Bertz CT molecular complexity index is 217. The predicted molar refractivity (Wildman–Crippen MR) is 47.9 cm³/mol. The van der Waals surface area contributed by atoms with Crippen molar-refractivity contribution in [2.24, 2.45) is 11.7 Å². The summed E-state index contributed by atoms with van der Waals surface area (Å²) in [5.74, 6) is -0.477. The molecule has 1 atom stereocenters. The molecule has 0 bridgehead atoms. The van der Waals surface area contributed by atoms with Gasteiger partial charge in [0, 0.05) is 19.6 Å². The van der Waals surface area contributed by atoms with Gasteiger partial charge >= 0.3 is 6.03 Å². The van der Waals surface area contributed by atoms with E-state index in [0.29, 0.717) is 26.1 Å². The van der Waals surface area contributed by atoms with E-state index in [-0.39, 0.29) is 17.9 Å². The van der Waals surface area contributed by atoms with E-state index in [2.05, 4.69) is 5.32 Å². The van der Waals surface area contributed by atoms with E-state index in [1.54, 1.807) is 4.90 Å². The molecule has 0 aromatic carbocycles. The van der Waals surface area contributed by atoms with Gasteiger partial charge in [-0.2, -0.15) is 0 Å². The Morgan fingerprint density at radius 3 is 2.77 bits per heavy atom. The molecule has 1 rings (SSSR count). The highest BCUT2D eigenvalue weighted by molar-refractivity contribution is 5.80. The third-order valence-electron chi connectivity index (χ3n) is 2.21. The van der Waals surface area contributed by atoms with Gasteiger partial charge in [0.2, 0.25) is 5.91 Å². The van der Waals surface area contributed by atoms with Crippen molar-refractivity contribution in [1.29, 1.82) is 0 Å². The lowest BCUT2D eigenvalue weighted by Crippen LogP contribution is -2.39. The van der Waals surface area contributed by atoms with Crippen LogP contribution in [-0.4, -0.2) is 36.5 Å². The number of carbonyl (C=O) groups is 2. The van der Waals surface area contributed by atoms with Crippen LogP contribution < -0.4 is 11.1 Å². The fourth-order valence-electron chi connectivity index (χ4n) is 1.44. The van der Waals surface area contributed by atoms with Crippen LogP contribution in [0.25, 0.3) is 0 Å². The number of hydrogen-bond acceptors (Lipinski definition) is 2. The first-order valence-electron chi connectivity index (χ1n) is 4.47. The highest BCUT2D eigenvalue weighted by Gasteiger charge is 2.29. The summed E-state index contributed by atoms with van der Waals surface area (Å²) in [5.41, 5.74) is 5.14. The summed E-state index contributed by atoms with van der Waals surface area (Å²) >= 11 is 0. The Balaban J connectivity index is 2.40. The third kappa shape index (κ3) is 2.34. The van der Waals surface area contributed by atoms with E-state index in [1.165, 1.54) is 0 Å². The lowest BCUT2D eigenvalue weighted by atomic mass is 10.1. The summed E-state index contributed by atoms with van der Waals surface area (Å²) in [4.78, 5) is 23.7. The normalized spacial score (nSPS) is 21.6. The van der Waals surface area contributed by atoms with Crippen LogP contribution in [0.1, 0.15) is 13.3 Å². The molecule has 3 amide bonds. The fraction of sp³-hybridized carbons (Fsp3) is 0.750. The molecule has 1 aliphatic rings. The number of rotatable bonds is 2. The van der Waals surface area contributed by atoms with Gasteiger partial charge in [0.25, 0.3) is 0 Å². The molecule has 1 heterocycles. The van der Waals surface area contributed by atoms with Gasteiger partial charge in [0.05, 0.1) is 5.92 Å². The number of urea groups is 1. The zero-order valence-electron chi connectivity index (χ0n) is 7.75. The Labute approximate surface area is 77.3 Å². The highest BCUT2D eigenvalue weighted by Crippen LogP contribution is 2.15. The molecule has 1 saturated heterocycles. The molecule has 0 saturated carbocycles. The van der Waals surface area contributed by atoms with Crippen molar-refractivity contribution >= 4 is 11.9 Å². The number of primary amides is 1. The minimum absolute atomic E-state index is 0.105. The number of amides is 3. The molecule has 0 radical (unpaired) electrons. The van der Waals surface area contributed by atoms with Gasteiger partial charge in [-0.3, -0.25) is 4.79 Å². The molecule has 5 heteroatoms. The van der Waals surface area contributed by atoms with Crippen molar-refractivity contribution in [3.05, 3.63) is 0 Å². The van der Waals surface area contributed by atoms with Crippen molar-refractivity contribution in [3.8, 4) is 0 Å². The third-order valence-corrected chi connectivity index (χ3v) is 2.21. The quantitative estimate of drug-likeness (QED) is 0.610. The number of likely N-dealkylation sites (tertiary alicyclic amines) is 1. The summed E-state index contributed by atoms with van der Waals surface area (Å²) in [7, 11) is 0. The lowest BCUT2D eigenvalue weighted by molar-refractivity contribution is -0.121. The molecule has 0 aromatic heterocycles. The van der Waals surface area contributed by atoms with Gasteiger partial charge in [0.15, 0.2) is 0 Å². The van der Waals surface area contributed by atoms with Gasteiger partial charge < -0.3 is 16.0 Å². The van der Waals surface area contributed by atoms with Crippen LogP contribution in [0, 0.1) is 5.92 Å². The molecular formula is C8H15N3O2. The molecule has 1 unspecified atom stereocenters. The Morgan fingerprint density at radius 2 is 2.31 bits per heavy atom. The fourth-order valence-corrected chi connectivity index (χ4v) is 1.44. The predicted octanol–water partition coefficient (Wildman–Crippen LogP) is -0.477. The number of carbonyl (C=O) groups excluding carboxylic acids is 2. The molecule has 0 spiro atoms. The van der Waals surface area contributed by atoms with E-state index < -0.39 is 0 Å². The summed E-state index contributed by atoms with van der Waals surface area (Å²) in [6.45, 7) is 3.55. The second kappa shape index (κ2) is 4.11. The maximum absolute atomic E-state index is 11.3. The SMILES string of the molecule is CCNC(=O)N1CCC(C(N)=O)C1. The smallest absolute Gasteiger partial charge is 0.317 e. The minimum atomic E-state index is -0.313. The maximum atomic E-state index is 11.3. The molecule has 74 valence electrons. The maximum Gasteiger partial charge on any atom is 0.317 e. The van der Waals surface area contributed by atoms with Gasteiger partial charge in [-0.1, -0.05) is 0 Å². The first-order valence-corrected chi connectivity index (χ1v) is 4.47. The van der Waals surface area contributed by atoms with E-state index in [1.807, 2.05) is 6.92 Å². The highest BCUT2D eigenvalue weighted by atomic mass is 16.2. The van der Waals surface area contributed by atoms with Crippen LogP contribution >= 0.6 is 0 Å². The first-order chi connectivity index (χ1) is 6.15. The average Bonchev–Trinajstić information content (AvgIpc) is 2.52. The number of nitrogens with two attached hydrogens (primary N) is 1. The van der Waals surface area contributed by atoms with Crippen molar-refractivity contribution < 1.29 is 9.59 Å². The Morgan fingerprint density at radius 1 is 1.62 bits per heavy atom. The topological polar surface area (TPSA) is 75.4 Å². The van der Waals surface area contributed by atoms with Crippen molar-refractivity contribution in [1.82, 2.24) is 10.2 Å². The van der Waals surface area contributed by atoms with Crippen LogP contribution in [0.2, 0.25) is 0 Å². The van der Waals surface area contributed by atoms with Crippen LogP contribution in [0.5, 0.6) is 0 Å². The van der Waals surface area contributed by atoms with E-state index in [9.17, 15) is 9.59 Å². The Kier molecular flexibility index (Phi) is 3.11. The van der Waals surface area contributed by atoms with Crippen LogP contribution in [-0.2, 0) is 4.79 Å². The molecule has 5 nitrogen and oxygen atoms in total. The molecular weight excluding hydrogens is 170 g/mol. The van der Waals surface area contributed by atoms with Crippen LogP contribution in [0.4, 0.5) is 4.79 Å².